The first-order chi connectivity index (χ1) is 11.7. The van der Waals surface area contributed by atoms with Crippen LogP contribution in [0.15, 0.2) is 60.9 Å². The smallest absolute Gasteiger partial charge is 0.221 e. The van der Waals surface area contributed by atoms with E-state index >= 15 is 0 Å². The van der Waals surface area contributed by atoms with Gasteiger partial charge in [-0.3, -0.25) is 4.79 Å². The maximum absolute atomic E-state index is 12.0. The molecule has 0 saturated carbocycles. The summed E-state index contributed by atoms with van der Waals surface area (Å²) in [5.41, 5.74) is 3.17. The van der Waals surface area contributed by atoms with E-state index in [0.29, 0.717) is 19.5 Å². The highest BCUT2D eigenvalue weighted by Gasteiger charge is 2.06. The van der Waals surface area contributed by atoms with Gasteiger partial charge in [-0.1, -0.05) is 30.3 Å². The van der Waals surface area contributed by atoms with Gasteiger partial charge in [0, 0.05) is 38.8 Å². The number of aryl methyl sites for hydroxylation is 1. The lowest BCUT2D eigenvalue weighted by Gasteiger charge is -2.19. The molecule has 2 aromatic carbocycles. The SMILES string of the molecule is CN(CCNC(=O)CCn1cnc2ccccc21)c1ccccc1. The lowest BCUT2D eigenvalue weighted by molar-refractivity contribution is -0.121. The van der Waals surface area contributed by atoms with Crippen LogP contribution >= 0.6 is 0 Å². The van der Waals surface area contributed by atoms with Crippen molar-refractivity contribution in [1.29, 1.82) is 0 Å². The first-order valence-electron chi connectivity index (χ1n) is 8.17. The van der Waals surface area contributed by atoms with Gasteiger partial charge in [-0.2, -0.15) is 0 Å². The molecule has 0 spiro atoms. The highest BCUT2D eigenvalue weighted by molar-refractivity contribution is 5.77. The molecule has 0 bridgehead atoms. The van der Waals surface area contributed by atoms with E-state index in [9.17, 15) is 4.79 Å². The van der Waals surface area contributed by atoms with Crippen LogP contribution in [0.1, 0.15) is 6.42 Å². The van der Waals surface area contributed by atoms with E-state index in [1.54, 1.807) is 6.33 Å². The standard InChI is InChI=1S/C19H22N4O/c1-22(16-7-3-2-4-8-16)14-12-20-19(24)11-13-23-15-21-17-9-5-6-10-18(17)23/h2-10,15H,11-14H2,1H3,(H,20,24). The fourth-order valence-corrected chi connectivity index (χ4v) is 2.67. The van der Waals surface area contributed by atoms with Crippen molar-refractivity contribution in [2.75, 3.05) is 25.0 Å². The molecule has 1 aromatic heterocycles. The van der Waals surface area contributed by atoms with E-state index in [2.05, 4.69) is 27.3 Å². The molecule has 24 heavy (non-hydrogen) atoms. The zero-order chi connectivity index (χ0) is 16.8. The average Bonchev–Trinajstić information content (AvgIpc) is 3.04. The van der Waals surface area contributed by atoms with Gasteiger partial charge in [0.05, 0.1) is 17.4 Å². The Hall–Kier alpha value is -2.82. The lowest BCUT2D eigenvalue weighted by atomic mass is 10.3. The second kappa shape index (κ2) is 7.64. The number of carbonyl (C=O) groups is 1. The number of anilines is 1. The van der Waals surface area contributed by atoms with Crippen LogP contribution in [0.4, 0.5) is 5.69 Å². The highest BCUT2D eigenvalue weighted by atomic mass is 16.1. The quantitative estimate of drug-likeness (QED) is 0.727. The minimum absolute atomic E-state index is 0.0641. The van der Waals surface area contributed by atoms with Crippen molar-refractivity contribution >= 4 is 22.6 Å². The molecule has 3 rings (SSSR count). The molecule has 0 aliphatic carbocycles. The summed E-state index contributed by atoms with van der Waals surface area (Å²) < 4.78 is 2.02. The van der Waals surface area contributed by atoms with Crippen molar-refractivity contribution in [3.05, 3.63) is 60.9 Å². The molecule has 0 aliphatic rings. The Morgan fingerprint density at radius 1 is 1.12 bits per heavy atom. The molecule has 5 nitrogen and oxygen atoms in total. The number of fused-ring (bicyclic) bond motifs is 1. The Kier molecular flexibility index (Phi) is 5.11. The molecule has 1 heterocycles. The number of para-hydroxylation sites is 3. The zero-order valence-corrected chi connectivity index (χ0v) is 13.9. The monoisotopic (exact) mass is 322 g/mol. The summed E-state index contributed by atoms with van der Waals surface area (Å²) in [6.07, 6.45) is 2.25. The second-order valence-corrected chi connectivity index (χ2v) is 5.78. The van der Waals surface area contributed by atoms with Crippen LogP contribution in [-0.2, 0) is 11.3 Å². The Morgan fingerprint density at radius 2 is 1.88 bits per heavy atom. The number of hydrogen-bond acceptors (Lipinski definition) is 3. The van der Waals surface area contributed by atoms with Crippen LogP contribution in [0.3, 0.4) is 0 Å². The molecule has 1 N–H and O–H groups in total. The summed E-state index contributed by atoms with van der Waals surface area (Å²) in [4.78, 5) is 18.5. The molecule has 3 aromatic rings. The summed E-state index contributed by atoms with van der Waals surface area (Å²) >= 11 is 0. The Bertz CT molecular complexity index is 797. The number of hydrogen-bond donors (Lipinski definition) is 1. The number of rotatable bonds is 7. The van der Waals surface area contributed by atoms with Crippen molar-refractivity contribution in [3.63, 3.8) is 0 Å². The summed E-state index contributed by atoms with van der Waals surface area (Å²) in [5.74, 6) is 0.0641. The fraction of sp³-hybridized carbons (Fsp3) is 0.263. The predicted octanol–water partition coefficient (Wildman–Crippen LogP) is 2.68. The fourth-order valence-electron chi connectivity index (χ4n) is 2.67. The largest absolute Gasteiger partial charge is 0.373 e. The van der Waals surface area contributed by atoms with Gasteiger partial charge in [-0.15, -0.1) is 0 Å². The van der Waals surface area contributed by atoms with E-state index in [4.69, 9.17) is 0 Å². The van der Waals surface area contributed by atoms with Crippen molar-refractivity contribution in [1.82, 2.24) is 14.9 Å². The first kappa shape index (κ1) is 16.1. The van der Waals surface area contributed by atoms with Crippen LogP contribution < -0.4 is 10.2 Å². The molecule has 0 unspecified atom stereocenters. The van der Waals surface area contributed by atoms with Crippen molar-refractivity contribution in [3.8, 4) is 0 Å². The number of amides is 1. The number of aromatic nitrogens is 2. The van der Waals surface area contributed by atoms with Gasteiger partial charge in [-0.25, -0.2) is 4.98 Å². The molecule has 0 atom stereocenters. The minimum Gasteiger partial charge on any atom is -0.373 e. The average molecular weight is 322 g/mol. The molecule has 5 heteroatoms. The third kappa shape index (κ3) is 3.93. The van der Waals surface area contributed by atoms with Crippen LogP contribution in [0.2, 0.25) is 0 Å². The van der Waals surface area contributed by atoms with E-state index in [-0.39, 0.29) is 5.91 Å². The van der Waals surface area contributed by atoms with Gasteiger partial charge in [-0.05, 0) is 24.3 Å². The number of nitrogens with zero attached hydrogens (tertiary/aromatic N) is 3. The van der Waals surface area contributed by atoms with Crippen LogP contribution in [0.5, 0.6) is 0 Å². The Labute approximate surface area is 141 Å². The topological polar surface area (TPSA) is 50.2 Å². The van der Waals surface area contributed by atoms with Gasteiger partial charge in [0.15, 0.2) is 0 Å². The number of likely N-dealkylation sites (N-methyl/N-ethyl adjacent to an activating group) is 1. The second-order valence-electron chi connectivity index (χ2n) is 5.78. The Balaban J connectivity index is 1.43. The van der Waals surface area contributed by atoms with Crippen LogP contribution in [-0.4, -0.2) is 35.6 Å². The highest BCUT2D eigenvalue weighted by Crippen LogP contribution is 2.12. The molecule has 0 saturated heterocycles. The van der Waals surface area contributed by atoms with Gasteiger partial charge < -0.3 is 14.8 Å². The number of benzene rings is 2. The Morgan fingerprint density at radius 3 is 2.71 bits per heavy atom. The van der Waals surface area contributed by atoms with Gasteiger partial charge in [0.2, 0.25) is 5.91 Å². The summed E-state index contributed by atoms with van der Waals surface area (Å²) in [6.45, 7) is 2.06. The normalized spacial score (nSPS) is 10.7. The zero-order valence-electron chi connectivity index (χ0n) is 13.9. The first-order valence-corrected chi connectivity index (χ1v) is 8.17. The third-order valence-corrected chi connectivity index (χ3v) is 4.07. The number of nitrogens with one attached hydrogen (secondary N) is 1. The molecule has 0 aliphatic heterocycles. The van der Waals surface area contributed by atoms with Gasteiger partial charge in [0.1, 0.15) is 0 Å². The predicted molar refractivity (Wildman–Crippen MR) is 97.1 cm³/mol. The lowest BCUT2D eigenvalue weighted by Crippen LogP contribution is -2.33. The number of imidazole rings is 1. The molecular formula is C19H22N4O. The van der Waals surface area contributed by atoms with Crippen molar-refractivity contribution in [2.24, 2.45) is 0 Å². The minimum atomic E-state index is 0.0641. The molecule has 0 radical (unpaired) electrons. The molecule has 124 valence electrons. The summed E-state index contributed by atoms with van der Waals surface area (Å²) in [6, 6.07) is 18.1. The van der Waals surface area contributed by atoms with Gasteiger partial charge in [0.25, 0.3) is 0 Å². The molecule has 1 amide bonds. The maximum Gasteiger partial charge on any atom is 0.221 e. The molecule has 0 fully saturated rings. The van der Waals surface area contributed by atoms with Crippen LogP contribution in [0, 0.1) is 0 Å². The van der Waals surface area contributed by atoms with Crippen molar-refractivity contribution < 1.29 is 4.79 Å². The van der Waals surface area contributed by atoms with E-state index < -0.39 is 0 Å². The third-order valence-electron chi connectivity index (χ3n) is 4.07. The summed E-state index contributed by atoms with van der Waals surface area (Å²) in [7, 11) is 2.03. The van der Waals surface area contributed by atoms with E-state index in [1.807, 2.05) is 54.1 Å². The molecular weight excluding hydrogens is 300 g/mol. The van der Waals surface area contributed by atoms with E-state index in [0.717, 1.165) is 23.3 Å². The van der Waals surface area contributed by atoms with Crippen molar-refractivity contribution in [2.45, 2.75) is 13.0 Å². The maximum atomic E-state index is 12.0. The van der Waals surface area contributed by atoms with E-state index in [1.165, 1.54) is 0 Å². The van der Waals surface area contributed by atoms with Gasteiger partial charge >= 0.3 is 0 Å². The summed E-state index contributed by atoms with van der Waals surface area (Å²) in [5, 5.41) is 2.98. The van der Waals surface area contributed by atoms with Crippen LogP contribution in [0.25, 0.3) is 11.0 Å². The number of carbonyl (C=O) groups excluding carboxylic acids is 1.